The molecule has 0 aromatic heterocycles. The molecule has 0 heterocycles. The zero-order chi connectivity index (χ0) is 29.6. The third-order valence-corrected chi connectivity index (χ3v) is 7.17. The molecule has 0 N–H and O–H groups in total. The third-order valence-electron chi connectivity index (χ3n) is 7.17. The van der Waals surface area contributed by atoms with Gasteiger partial charge in [0.1, 0.15) is 5.75 Å². The van der Waals surface area contributed by atoms with Crippen molar-refractivity contribution in [2.45, 2.75) is 51.6 Å². The first-order chi connectivity index (χ1) is 19.6. The number of hydrogen-bond donors (Lipinski definition) is 0. The summed E-state index contributed by atoms with van der Waals surface area (Å²) in [6, 6.07) is 10.9. The summed E-state index contributed by atoms with van der Waals surface area (Å²) in [5, 5.41) is 0. The first-order valence-electron chi connectivity index (χ1n) is 13.4. The molecule has 1 aliphatic rings. The Morgan fingerprint density at radius 2 is 1.41 bits per heavy atom. The van der Waals surface area contributed by atoms with Crippen LogP contribution in [0, 0.1) is 23.5 Å². The van der Waals surface area contributed by atoms with E-state index in [9.17, 15) is 30.7 Å². The van der Waals surface area contributed by atoms with Crippen molar-refractivity contribution < 1.29 is 40.2 Å². The molecule has 218 valence electrons. The Bertz CT molecular complexity index is 1350. The molecule has 4 rings (SSSR count). The number of alkyl halides is 2. The van der Waals surface area contributed by atoms with E-state index < -0.39 is 46.9 Å². The summed E-state index contributed by atoms with van der Waals surface area (Å²) in [6.45, 7) is 2.23. The summed E-state index contributed by atoms with van der Waals surface area (Å²) >= 11 is 0. The van der Waals surface area contributed by atoms with Crippen LogP contribution >= 0.6 is 0 Å². The van der Waals surface area contributed by atoms with Gasteiger partial charge in [0.25, 0.3) is 0 Å². The quantitative estimate of drug-likeness (QED) is 0.176. The van der Waals surface area contributed by atoms with Crippen molar-refractivity contribution in [2.24, 2.45) is 11.8 Å². The van der Waals surface area contributed by atoms with Crippen molar-refractivity contribution in [2.75, 3.05) is 0 Å². The normalized spacial score (nSPS) is 17.5. The second kappa shape index (κ2) is 13.3. The lowest BCUT2D eigenvalue weighted by atomic mass is 9.80. The summed E-state index contributed by atoms with van der Waals surface area (Å²) in [6.07, 6.45) is 4.97. The van der Waals surface area contributed by atoms with E-state index in [4.69, 9.17) is 0 Å². The van der Waals surface area contributed by atoms with Crippen LogP contribution in [0.25, 0.3) is 17.2 Å². The number of halogens is 7. The number of rotatable bonds is 10. The van der Waals surface area contributed by atoms with E-state index in [1.807, 2.05) is 24.3 Å². The van der Waals surface area contributed by atoms with Crippen molar-refractivity contribution in [1.82, 2.24) is 0 Å². The van der Waals surface area contributed by atoms with Crippen molar-refractivity contribution in [1.29, 1.82) is 0 Å². The maximum Gasteiger partial charge on any atom is 0.426 e. The lowest BCUT2D eigenvalue weighted by Crippen LogP contribution is -2.22. The van der Waals surface area contributed by atoms with Gasteiger partial charge in [-0.2, -0.15) is 22.0 Å². The first-order valence-corrected chi connectivity index (χ1v) is 13.4. The molecule has 0 radical (unpaired) electrons. The van der Waals surface area contributed by atoms with Gasteiger partial charge in [0.15, 0.2) is 11.6 Å². The fraction of sp³-hybridized carbons (Fsp3) is 0.312. The maximum absolute atomic E-state index is 14.7. The molecule has 3 aromatic rings. The van der Waals surface area contributed by atoms with E-state index in [0.29, 0.717) is 11.5 Å². The summed E-state index contributed by atoms with van der Waals surface area (Å²) in [4.78, 5) is 0. The van der Waals surface area contributed by atoms with Crippen LogP contribution in [0.3, 0.4) is 0 Å². The fourth-order valence-electron chi connectivity index (χ4n) is 5.00. The summed E-state index contributed by atoms with van der Waals surface area (Å²) in [5.74, 6) is -4.45. The molecule has 0 unspecified atom stereocenters. The van der Waals surface area contributed by atoms with E-state index in [0.717, 1.165) is 29.2 Å². The van der Waals surface area contributed by atoms with Crippen molar-refractivity contribution >= 4 is 6.08 Å². The van der Waals surface area contributed by atoms with Crippen molar-refractivity contribution in [3.8, 4) is 22.6 Å². The molecule has 2 nitrogen and oxygen atoms in total. The van der Waals surface area contributed by atoms with Gasteiger partial charge in [-0.15, -0.1) is 0 Å². The van der Waals surface area contributed by atoms with Crippen LogP contribution in [0.15, 0.2) is 78.8 Å². The Labute approximate surface area is 234 Å². The smallest absolute Gasteiger partial charge is 0.426 e. The SMILES string of the molecule is CCCC1CCC(C=Cc2ccc(-c3ccc(C(F)(F)Oc4cc(F)c(OC(F)=C(F)F)c(F)c4)cc3)cc2)CC1. The Balaban J connectivity index is 1.39. The number of allylic oxidation sites excluding steroid dienone is 1. The van der Waals surface area contributed by atoms with Crippen LogP contribution in [0.1, 0.15) is 56.6 Å². The van der Waals surface area contributed by atoms with E-state index in [1.165, 1.54) is 50.7 Å². The molecule has 1 fully saturated rings. The van der Waals surface area contributed by atoms with Crippen LogP contribution in [0.2, 0.25) is 0 Å². The number of ether oxygens (including phenoxy) is 2. The molecular weight excluding hydrogens is 549 g/mol. The molecule has 1 saturated carbocycles. The van der Waals surface area contributed by atoms with Crippen LogP contribution in [-0.4, -0.2) is 0 Å². The zero-order valence-electron chi connectivity index (χ0n) is 22.3. The molecular formula is C32H29F7O2. The summed E-state index contributed by atoms with van der Waals surface area (Å²) in [7, 11) is 0. The molecule has 0 spiro atoms. The number of benzene rings is 3. The predicted molar refractivity (Wildman–Crippen MR) is 143 cm³/mol. The van der Waals surface area contributed by atoms with Gasteiger partial charge in [0.2, 0.25) is 5.75 Å². The van der Waals surface area contributed by atoms with Gasteiger partial charge in [0.05, 0.1) is 5.56 Å². The fourth-order valence-corrected chi connectivity index (χ4v) is 5.00. The second-order valence-corrected chi connectivity index (χ2v) is 10.1. The van der Waals surface area contributed by atoms with Crippen LogP contribution < -0.4 is 9.47 Å². The second-order valence-electron chi connectivity index (χ2n) is 10.1. The van der Waals surface area contributed by atoms with Gasteiger partial charge in [-0.05, 0) is 66.3 Å². The standard InChI is InChI=1S/C32H29F7O2/c1-2-3-20-4-6-21(7-5-20)8-9-22-10-12-23(13-11-22)24-14-16-25(17-15-24)32(38,39)41-26-18-27(33)29(28(34)19-26)40-31(37)30(35)36/h8-21H,2-7H2,1H3. The van der Waals surface area contributed by atoms with Gasteiger partial charge in [0, 0.05) is 12.1 Å². The van der Waals surface area contributed by atoms with E-state index in [1.54, 1.807) is 0 Å². The monoisotopic (exact) mass is 578 g/mol. The topological polar surface area (TPSA) is 18.5 Å². The lowest BCUT2D eigenvalue weighted by Gasteiger charge is -2.26. The molecule has 0 amide bonds. The molecule has 41 heavy (non-hydrogen) atoms. The van der Waals surface area contributed by atoms with Gasteiger partial charge in [-0.1, -0.05) is 68.3 Å². The zero-order valence-corrected chi connectivity index (χ0v) is 22.3. The largest absolute Gasteiger partial charge is 0.429 e. The summed E-state index contributed by atoms with van der Waals surface area (Å²) in [5.41, 5.74) is 1.93. The Hall–Kier alpha value is -3.75. The lowest BCUT2D eigenvalue weighted by molar-refractivity contribution is -0.185. The van der Waals surface area contributed by atoms with Gasteiger partial charge >= 0.3 is 18.2 Å². The molecule has 3 aromatic carbocycles. The average Bonchev–Trinajstić information content (AvgIpc) is 2.95. The minimum atomic E-state index is -4.00. The third kappa shape index (κ3) is 7.93. The Morgan fingerprint density at radius 3 is 1.95 bits per heavy atom. The average molecular weight is 579 g/mol. The highest BCUT2D eigenvalue weighted by Crippen LogP contribution is 2.37. The predicted octanol–water partition coefficient (Wildman–Crippen LogP) is 10.8. The van der Waals surface area contributed by atoms with E-state index >= 15 is 0 Å². The molecule has 1 aliphatic carbocycles. The van der Waals surface area contributed by atoms with E-state index in [-0.39, 0.29) is 12.1 Å². The molecule has 0 aliphatic heterocycles. The maximum atomic E-state index is 14.7. The highest BCUT2D eigenvalue weighted by Gasteiger charge is 2.35. The highest BCUT2D eigenvalue weighted by molar-refractivity contribution is 5.66. The van der Waals surface area contributed by atoms with Crippen LogP contribution in [-0.2, 0) is 6.11 Å². The molecule has 9 heteroatoms. The molecule has 0 atom stereocenters. The van der Waals surface area contributed by atoms with Crippen molar-refractivity contribution in [3.05, 3.63) is 102 Å². The van der Waals surface area contributed by atoms with Crippen molar-refractivity contribution in [3.63, 3.8) is 0 Å². The van der Waals surface area contributed by atoms with Crippen LogP contribution in [0.5, 0.6) is 11.5 Å². The molecule has 0 saturated heterocycles. The van der Waals surface area contributed by atoms with Crippen LogP contribution in [0.4, 0.5) is 30.7 Å². The number of hydrogen-bond acceptors (Lipinski definition) is 2. The minimum absolute atomic E-state index is 0.275. The van der Waals surface area contributed by atoms with Gasteiger partial charge < -0.3 is 9.47 Å². The Kier molecular flexibility index (Phi) is 9.78. The minimum Gasteiger partial charge on any atom is -0.429 e. The Morgan fingerprint density at radius 1 is 0.854 bits per heavy atom. The van der Waals surface area contributed by atoms with E-state index in [2.05, 4.69) is 28.5 Å². The van der Waals surface area contributed by atoms with Gasteiger partial charge in [-0.3, -0.25) is 0 Å². The summed E-state index contributed by atoms with van der Waals surface area (Å²) < 4.78 is 103. The first kappa shape index (κ1) is 30.2. The molecule has 0 bridgehead atoms. The highest BCUT2D eigenvalue weighted by atomic mass is 19.3. The van der Waals surface area contributed by atoms with Gasteiger partial charge in [-0.25, -0.2) is 8.78 Å².